The van der Waals surface area contributed by atoms with E-state index in [2.05, 4.69) is 0 Å². The fraction of sp³-hybridized carbons (Fsp3) is 0.150. The van der Waals surface area contributed by atoms with E-state index in [9.17, 15) is 19.3 Å². The summed E-state index contributed by atoms with van der Waals surface area (Å²) in [6.07, 6.45) is 1.61. The Hall–Kier alpha value is -3.19. The van der Waals surface area contributed by atoms with E-state index in [1.165, 1.54) is 30.3 Å². The topological polar surface area (TPSA) is 74.4 Å². The van der Waals surface area contributed by atoms with Crippen molar-refractivity contribution in [3.05, 3.63) is 103 Å². The van der Waals surface area contributed by atoms with Crippen molar-refractivity contribution >= 4 is 17.3 Å². The van der Waals surface area contributed by atoms with E-state index in [1.807, 2.05) is 0 Å². The van der Waals surface area contributed by atoms with Gasteiger partial charge < -0.3 is 9.30 Å². The van der Waals surface area contributed by atoms with Crippen molar-refractivity contribution < 1.29 is 14.1 Å². The molecule has 28 heavy (non-hydrogen) atoms. The number of nitro benzene ring substituents is 1. The molecule has 0 bridgehead atoms. The van der Waals surface area contributed by atoms with Crippen molar-refractivity contribution in [1.82, 2.24) is 4.57 Å². The molecule has 2 aromatic carbocycles. The standard InChI is InChI=1S/C20H16ClFN2O4/c1-13-20(28-12-16-17(21)3-2-4-18(16)22)19(25)9-10-23(13)11-14-5-7-15(8-6-14)24(26)27/h2-10H,11-12H2,1H3. The molecule has 0 aliphatic heterocycles. The zero-order valence-electron chi connectivity index (χ0n) is 14.9. The van der Waals surface area contributed by atoms with Crippen LogP contribution in [0.25, 0.3) is 0 Å². The number of pyridine rings is 1. The predicted molar refractivity (Wildman–Crippen MR) is 103 cm³/mol. The van der Waals surface area contributed by atoms with Gasteiger partial charge in [-0.25, -0.2) is 4.39 Å². The van der Waals surface area contributed by atoms with Crippen LogP contribution in [0, 0.1) is 22.9 Å². The lowest BCUT2D eigenvalue weighted by Gasteiger charge is -2.15. The molecule has 0 amide bonds. The summed E-state index contributed by atoms with van der Waals surface area (Å²) in [5, 5.41) is 11.0. The van der Waals surface area contributed by atoms with Gasteiger partial charge in [0, 0.05) is 36.5 Å². The van der Waals surface area contributed by atoms with Crippen LogP contribution in [0.2, 0.25) is 5.02 Å². The predicted octanol–water partition coefficient (Wildman–Crippen LogP) is 4.48. The van der Waals surface area contributed by atoms with Gasteiger partial charge in [-0.3, -0.25) is 14.9 Å². The second-order valence-corrected chi connectivity index (χ2v) is 6.54. The van der Waals surface area contributed by atoms with Crippen molar-refractivity contribution in [2.45, 2.75) is 20.1 Å². The lowest BCUT2D eigenvalue weighted by atomic mass is 10.2. The first kappa shape index (κ1) is 19.6. The van der Waals surface area contributed by atoms with Gasteiger partial charge in [0.2, 0.25) is 5.43 Å². The molecule has 0 atom stereocenters. The molecule has 144 valence electrons. The molecule has 0 radical (unpaired) electrons. The molecule has 0 saturated carbocycles. The number of nitro groups is 1. The number of rotatable bonds is 6. The molecule has 1 heterocycles. The molecule has 0 aliphatic rings. The number of non-ortho nitro benzene ring substituents is 1. The Morgan fingerprint density at radius 2 is 1.89 bits per heavy atom. The monoisotopic (exact) mass is 402 g/mol. The summed E-state index contributed by atoms with van der Waals surface area (Å²) in [5.74, 6) is -0.406. The van der Waals surface area contributed by atoms with Crippen LogP contribution < -0.4 is 10.2 Å². The maximum atomic E-state index is 13.9. The van der Waals surface area contributed by atoms with Crippen molar-refractivity contribution in [2.24, 2.45) is 0 Å². The van der Waals surface area contributed by atoms with Gasteiger partial charge in [-0.15, -0.1) is 0 Å². The SMILES string of the molecule is Cc1c(OCc2c(F)cccc2Cl)c(=O)ccn1Cc1ccc([N+](=O)[O-])cc1. The van der Waals surface area contributed by atoms with Crippen LogP contribution in [0.5, 0.6) is 5.75 Å². The Bertz CT molecular complexity index is 1060. The number of hydrogen-bond donors (Lipinski definition) is 0. The molecular weight excluding hydrogens is 387 g/mol. The van der Waals surface area contributed by atoms with Gasteiger partial charge in [0.15, 0.2) is 5.75 Å². The normalized spacial score (nSPS) is 10.7. The maximum Gasteiger partial charge on any atom is 0.269 e. The van der Waals surface area contributed by atoms with E-state index in [4.69, 9.17) is 16.3 Å². The highest BCUT2D eigenvalue weighted by atomic mass is 35.5. The van der Waals surface area contributed by atoms with Crippen molar-refractivity contribution in [3.63, 3.8) is 0 Å². The van der Waals surface area contributed by atoms with Gasteiger partial charge in [0.25, 0.3) is 5.69 Å². The Balaban J connectivity index is 1.83. The quantitative estimate of drug-likeness (QED) is 0.450. The van der Waals surface area contributed by atoms with Crippen molar-refractivity contribution in [1.29, 1.82) is 0 Å². The van der Waals surface area contributed by atoms with Gasteiger partial charge in [0.05, 0.1) is 15.6 Å². The lowest BCUT2D eigenvalue weighted by Crippen LogP contribution is -2.15. The maximum absolute atomic E-state index is 13.9. The van der Waals surface area contributed by atoms with E-state index in [0.717, 1.165) is 5.56 Å². The Kier molecular flexibility index (Phi) is 5.75. The summed E-state index contributed by atoms with van der Waals surface area (Å²) >= 11 is 6.00. The van der Waals surface area contributed by atoms with Gasteiger partial charge in [-0.05, 0) is 24.6 Å². The zero-order valence-corrected chi connectivity index (χ0v) is 15.6. The molecule has 0 N–H and O–H groups in total. The minimum atomic E-state index is -0.507. The molecule has 0 spiro atoms. The largest absolute Gasteiger partial charge is 0.483 e. The van der Waals surface area contributed by atoms with E-state index < -0.39 is 10.7 Å². The number of halogens is 2. The summed E-state index contributed by atoms with van der Waals surface area (Å²) in [5.41, 5.74) is 1.23. The zero-order chi connectivity index (χ0) is 20.3. The minimum Gasteiger partial charge on any atom is -0.483 e. The van der Waals surface area contributed by atoms with Crippen molar-refractivity contribution in [2.75, 3.05) is 0 Å². The smallest absolute Gasteiger partial charge is 0.269 e. The molecule has 6 nitrogen and oxygen atoms in total. The molecule has 8 heteroatoms. The number of benzene rings is 2. The Morgan fingerprint density at radius 1 is 1.18 bits per heavy atom. The van der Waals surface area contributed by atoms with E-state index in [0.29, 0.717) is 12.2 Å². The molecule has 0 fully saturated rings. The summed E-state index contributed by atoms with van der Waals surface area (Å²) in [6, 6.07) is 11.8. The highest BCUT2D eigenvalue weighted by molar-refractivity contribution is 6.31. The van der Waals surface area contributed by atoms with E-state index in [-0.39, 0.29) is 34.1 Å². The number of nitrogens with zero attached hydrogens (tertiary/aromatic N) is 2. The van der Waals surface area contributed by atoms with Crippen LogP contribution in [-0.2, 0) is 13.2 Å². The number of hydrogen-bond acceptors (Lipinski definition) is 4. The Morgan fingerprint density at radius 3 is 2.54 bits per heavy atom. The number of ether oxygens (including phenoxy) is 1. The minimum absolute atomic E-state index is 0.00571. The van der Waals surface area contributed by atoms with Crippen LogP contribution in [0.3, 0.4) is 0 Å². The van der Waals surface area contributed by atoms with Crippen LogP contribution in [-0.4, -0.2) is 9.49 Å². The molecular formula is C20H16ClFN2O4. The summed E-state index contributed by atoms with van der Waals surface area (Å²) in [4.78, 5) is 22.5. The van der Waals surface area contributed by atoms with Crippen LogP contribution in [0.4, 0.5) is 10.1 Å². The average Bonchev–Trinajstić information content (AvgIpc) is 2.66. The molecule has 3 aromatic rings. The fourth-order valence-corrected chi connectivity index (χ4v) is 2.95. The average molecular weight is 403 g/mol. The van der Waals surface area contributed by atoms with Crippen LogP contribution in [0.1, 0.15) is 16.8 Å². The molecule has 3 rings (SSSR count). The molecule has 0 saturated heterocycles. The molecule has 0 aliphatic carbocycles. The highest BCUT2D eigenvalue weighted by Crippen LogP contribution is 2.22. The summed E-state index contributed by atoms with van der Waals surface area (Å²) in [7, 11) is 0. The van der Waals surface area contributed by atoms with Gasteiger partial charge in [0.1, 0.15) is 12.4 Å². The van der Waals surface area contributed by atoms with Crippen molar-refractivity contribution in [3.8, 4) is 5.75 Å². The van der Waals surface area contributed by atoms with Gasteiger partial charge in [-0.1, -0.05) is 29.8 Å². The third-order valence-electron chi connectivity index (χ3n) is 4.31. The fourth-order valence-electron chi connectivity index (χ4n) is 2.74. The third kappa shape index (κ3) is 4.20. The van der Waals surface area contributed by atoms with E-state index in [1.54, 1.807) is 35.9 Å². The van der Waals surface area contributed by atoms with Gasteiger partial charge >= 0.3 is 0 Å². The highest BCUT2D eigenvalue weighted by Gasteiger charge is 2.13. The molecule has 1 aromatic heterocycles. The Labute approximate surface area is 164 Å². The first-order valence-electron chi connectivity index (χ1n) is 8.36. The van der Waals surface area contributed by atoms with Crippen LogP contribution in [0.15, 0.2) is 59.5 Å². The van der Waals surface area contributed by atoms with Crippen LogP contribution >= 0.6 is 11.6 Å². The number of aromatic nitrogens is 1. The third-order valence-corrected chi connectivity index (χ3v) is 4.67. The van der Waals surface area contributed by atoms with Gasteiger partial charge in [-0.2, -0.15) is 0 Å². The second-order valence-electron chi connectivity index (χ2n) is 6.13. The molecule has 0 unspecified atom stereocenters. The van der Waals surface area contributed by atoms with E-state index >= 15 is 0 Å². The lowest BCUT2D eigenvalue weighted by molar-refractivity contribution is -0.384. The first-order valence-corrected chi connectivity index (χ1v) is 8.73. The second kappa shape index (κ2) is 8.22. The summed E-state index contributed by atoms with van der Waals surface area (Å²) in [6.45, 7) is 1.93. The first-order chi connectivity index (χ1) is 13.4. The summed E-state index contributed by atoms with van der Waals surface area (Å²) < 4.78 is 21.3.